The molecule has 3 N–H and O–H groups in total. The Bertz CT molecular complexity index is 603. The molecule has 2 aromatic rings. The van der Waals surface area contributed by atoms with E-state index >= 15 is 0 Å². The summed E-state index contributed by atoms with van der Waals surface area (Å²) in [6, 6.07) is 5.23. The molecule has 0 fully saturated rings. The number of rotatable bonds is 1. The van der Waals surface area contributed by atoms with Gasteiger partial charge in [-0.25, -0.2) is 4.98 Å². The zero-order chi connectivity index (χ0) is 12.6. The summed E-state index contributed by atoms with van der Waals surface area (Å²) in [5.74, 6) is -0.935. The molecule has 88 valence electrons. The topological polar surface area (TPSA) is 92.1 Å². The SMILES string of the molecule is Cc1nc2ccc(N(C)C(=O)C(N)=O)cc2[nH]1. The first-order valence-electron chi connectivity index (χ1n) is 5.03. The third kappa shape index (κ3) is 1.96. The number of amides is 2. The first-order chi connectivity index (χ1) is 7.99. The summed E-state index contributed by atoms with van der Waals surface area (Å²) >= 11 is 0. The van der Waals surface area contributed by atoms with Crippen molar-refractivity contribution in [1.82, 2.24) is 9.97 Å². The van der Waals surface area contributed by atoms with Gasteiger partial charge in [0, 0.05) is 12.7 Å². The smallest absolute Gasteiger partial charge is 0.315 e. The van der Waals surface area contributed by atoms with Gasteiger partial charge in [-0.3, -0.25) is 9.59 Å². The van der Waals surface area contributed by atoms with Crippen LogP contribution in [0.5, 0.6) is 0 Å². The van der Waals surface area contributed by atoms with E-state index in [2.05, 4.69) is 9.97 Å². The number of nitrogens with one attached hydrogen (secondary N) is 1. The van der Waals surface area contributed by atoms with Crippen molar-refractivity contribution in [3.05, 3.63) is 24.0 Å². The van der Waals surface area contributed by atoms with E-state index in [1.807, 2.05) is 6.92 Å². The Morgan fingerprint density at radius 3 is 2.76 bits per heavy atom. The zero-order valence-corrected chi connectivity index (χ0v) is 9.52. The highest BCUT2D eigenvalue weighted by molar-refractivity contribution is 6.39. The second-order valence-corrected chi connectivity index (χ2v) is 3.75. The van der Waals surface area contributed by atoms with Crippen LogP contribution in [0.2, 0.25) is 0 Å². The molecular formula is C11H12N4O2. The number of aromatic nitrogens is 2. The van der Waals surface area contributed by atoms with Crippen LogP contribution in [0.1, 0.15) is 5.82 Å². The molecule has 0 aliphatic rings. The summed E-state index contributed by atoms with van der Waals surface area (Å²) in [6.45, 7) is 1.85. The summed E-state index contributed by atoms with van der Waals surface area (Å²) in [7, 11) is 1.50. The number of anilines is 1. The monoisotopic (exact) mass is 232 g/mol. The van der Waals surface area contributed by atoms with E-state index in [1.54, 1.807) is 18.2 Å². The lowest BCUT2D eigenvalue weighted by Crippen LogP contribution is -2.37. The van der Waals surface area contributed by atoms with E-state index in [0.29, 0.717) is 5.69 Å². The average molecular weight is 232 g/mol. The van der Waals surface area contributed by atoms with Gasteiger partial charge in [0.15, 0.2) is 0 Å². The van der Waals surface area contributed by atoms with Gasteiger partial charge in [-0.05, 0) is 25.1 Å². The van der Waals surface area contributed by atoms with Crippen LogP contribution in [0, 0.1) is 6.92 Å². The number of H-pyrrole nitrogens is 1. The molecule has 1 aromatic heterocycles. The number of fused-ring (bicyclic) bond motifs is 1. The maximum absolute atomic E-state index is 11.4. The van der Waals surface area contributed by atoms with Gasteiger partial charge in [0.2, 0.25) is 0 Å². The molecule has 0 unspecified atom stereocenters. The molecule has 0 spiro atoms. The number of aromatic amines is 1. The standard InChI is InChI=1S/C11H12N4O2/c1-6-13-8-4-3-7(5-9(8)14-6)15(2)11(17)10(12)16/h3-5H,1-2H3,(H2,12,16)(H,13,14). The fourth-order valence-corrected chi connectivity index (χ4v) is 1.62. The van der Waals surface area contributed by atoms with Crippen molar-refractivity contribution >= 4 is 28.5 Å². The van der Waals surface area contributed by atoms with Crippen molar-refractivity contribution in [2.24, 2.45) is 5.73 Å². The molecule has 0 bridgehead atoms. The Morgan fingerprint density at radius 2 is 2.12 bits per heavy atom. The maximum atomic E-state index is 11.4. The van der Waals surface area contributed by atoms with Crippen LogP contribution in [-0.4, -0.2) is 28.8 Å². The molecule has 17 heavy (non-hydrogen) atoms. The molecular weight excluding hydrogens is 220 g/mol. The highest BCUT2D eigenvalue weighted by Gasteiger charge is 2.16. The number of carbonyl (C=O) groups is 2. The molecule has 1 heterocycles. The Kier molecular flexibility index (Phi) is 2.55. The van der Waals surface area contributed by atoms with Crippen LogP contribution in [0.15, 0.2) is 18.2 Å². The summed E-state index contributed by atoms with van der Waals surface area (Å²) in [5, 5.41) is 0. The lowest BCUT2D eigenvalue weighted by Gasteiger charge is -2.14. The number of likely N-dealkylation sites (N-methyl/N-ethyl adjacent to an activating group) is 1. The number of nitrogens with two attached hydrogens (primary N) is 1. The summed E-state index contributed by atoms with van der Waals surface area (Å²) in [5.41, 5.74) is 7.15. The van der Waals surface area contributed by atoms with Crippen LogP contribution in [-0.2, 0) is 9.59 Å². The van der Waals surface area contributed by atoms with Crippen LogP contribution in [0.3, 0.4) is 0 Å². The van der Waals surface area contributed by atoms with Gasteiger partial charge in [0.05, 0.1) is 11.0 Å². The maximum Gasteiger partial charge on any atom is 0.315 e. The molecule has 2 rings (SSSR count). The van der Waals surface area contributed by atoms with Crippen LogP contribution < -0.4 is 10.6 Å². The van der Waals surface area contributed by atoms with E-state index in [4.69, 9.17) is 5.73 Å². The van der Waals surface area contributed by atoms with Gasteiger partial charge >= 0.3 is 11.8 Å². The number of aryl methyl sites for hydroxylation is 1. The molecule has 1 aromatic carbocycles. The third-order valence-corrected chi connectivity index (χ3v) is 2.49. The normalized spacial score (nSPS) is 10.5. The quantitative estimate of drug-likeness (QED) is 0.693. The van der Waals surface area contributed by atoms with Crippen molar-refractivity contribution in [2.45, 2.75) is 6.92 Å². The van der Waals surface area contributed by atoms with Crippen molar-refractivity contribution in [2.75, 3.05) is 11.9 Å². The average Bonchev–Trinajstić information content (AvgIpc) is 2.65. The molecule has 0 aliphatic heterocycles. The molecule has 6 heteroatoms. The van der Waals surface area contributed by atoms with Crippen LogP contribution >= 0.6 is 0 Å². The predicted octanol–water partition coefficient (Wildman–Crippen LogP) is 0.319. The highest BCUT2D eigenvalue weighted by Crippen LogP contribution is 2.19. The van der Waals surface area contributed by atoms with Gasteiger partial charge in [0.1, 0.15) is 5.82 Å². The van der Waals surface area contributed by atoms with Gasteiger partial charge in [-0.15, -0.1) is 0 Å². The van der Waals surface area contributed by atoms with Crippen LogP contribution in [0.4, 0.5) is 5.69 Å². The van der Waals surface area contributed by atoms with Gasteiger partial charge in [-0.1, -0.05) is 0 Å². The van der Waals surface area contributed by atoms with E-state index < -0.39 is 11.8 Å². The number of primary amides is 1. The first-order valence-corrected chi connectivity index (χ1v) is 5.03. The Morgan fingerprint density at radius 1 is 1.41 bits per heavy atom. The fourth-order valence-electron chi connectivity index (χ4n) is 1.62. The number of carbonyl (C=O) groups excluding carboxylic acids is 2. The van der Waals surface area contributed by atoms with Gasteiger partial charge in [-0.2, -0.15) is 0 Å². The number of nitrogens with zero attached hydrogens (tertiary/aromatic N) is 2. The minimum Gasteiger partial charge on any atom is -0.361 e. The first kappa shape index (κ1) is 11.1. The van der Waals surface area contributed by atoms with Crippen molar-refractivity contribution in [1.29, 1.82) is 0 Å². The number of imidazole rings is 1. The summed E-state index contributed by atoms with van der Waals surface area (Å²) < 4.78 is 0. The molecule has 0 atom stereocenters. The molecule has 2 amide bonds. The fraction of sp³-hybridized carbons (Fsp3) is 0.182. The Balaban J connectivity index is 2.42. The lowest BCUT2D eigenvalue weighted by molar-refractivity contribution is -0.135. The second-order valence-electron chi connectivity index (χ2n) is 3.75. The number of benzene rings is 1. The van der Waals surface area contributed by atoms with Crippen molar-refractivity contribution in [3.8, 4) is 0 Å². The zero-order valence-electron chi connectivity index (χ0n) is 9.52. The lowest BCUT2D eigenvalue weighted by atomic mass is 10.2. The molecule has 0 saturated heterocycles. The van der Waals surface area contributed by atoms with Crippen LogP contribution in [0.25, 0.3) is 11.0 Å². The number of hydrogen-bond acceptors (Lipinski definition) is 3. The summed E-state index contributed by atoms with van der Waals surface area (Å²) in [4.78, 5) is 30.7. The summed E-state index contributed by atoms with van der Waals surface area (Å²) in [6.07, 6.45) is 0. The molecule has 6 nitrogen and oxygen atoms in total. The minimum absolute atomic E-state index is 0.588. The van der Waals surface area contributed by atoms with E-state index in [0.717, 1.165) is 16.9 Å². The van der Waals surface area contributed by atoms with Gasteiger partial charge < -0.3 is 15.6 Å². The van der Waals surface area contributed by atoms with E-state index in [-0.39, 0.29) is 0 Å². The third-order valence-electron chi connectivity index (χ3n) is 2.49. The van der Waals surface area contributed by atoms with E-state index in [1.165, 1.54) is 11.9 Å². The molecule has 0 saturated carbocycles. The Hall–Kier alpha value is -2.37. The minimum atomic E-state index is -0.978. The van der Waals surface area contributed by atoms with Crippen molar-refractivity contribution in [3.63, 3.8) is 0 Å². The highest BCUT2D eigenvalue weighted by atomic mass is 16.2. The predicted molar refractivity (Wildman–Crippen MR) is 63.4 cm³/mol. The van der Waals surface area contributed by atoms with E-state index in [9.17, 15) is 9.59 Å². The molecule has 0 radical (unpaired) electrons. The number of hydrogen-bond donors (Lipinski definition) is 2. The Labute approximate surface area is 97.4 Å². The largest absolute Gasteiger partial charge is 0.361 e. The second kappa shape index (κ2) is 3.89. The van der Waals surface area contributed by atoms with Crippen molar-refractivity contribution < 1.29 is 9.59 Å². The van der Waals surface area contributed by atoms with Gasteiger partial charge in [0.25, 0.3) is 0 Å². The molecule has 0 aliphatic carbocycles.